The van der Waals surface area contributed by atoms with E-state index in [1.165, 1.54) is 31.3 Å². The molecule has 0 radical (unpaired) electrons. The van der Waals surface area contributed by atoms with Gasteiger partial charge in [-0.3, -0.25) is 19.9 Å². The molecule has 1 heterocycles. The van der Waals surface area contributed by atoms with Crippen molar-refractivity contribution in [1.29, 1.82) is 0 Å². The van der Waals surface area contributed by atoms with Gasteiger partial charge in [-0.05, 0) is 35.0 Å². The lowest BCUT2D eigenvalue weighted by atomic mass is 10.1. The number of benzene rings is 1. The Hall–Kier alpha value is -2.28. The predicted molar refractivity (Wildman–Crippen MR) is 75.1 cm³/mol. The maximum absolute atomic E-state index is 11.6. The largest absolute Gasteiger partial charge is 0.455 e. The van der Waals surface area contributed by atoms with Gasteiger partial charge in [0.05, 0.1) is 16.7 Å². The van der Waals surface area contributed by atoms with Gasteiger partial charge in [0.25, 0.3) is 5.69 Å². The number of non-ortho nitro benzene ring substituents is 1. The van der Waals surface area contributed by atoms with Gasteiger partial charge in [0, 0.05) is 22.8 Å². The average Bonchev–Trinajstić information content (AvgIpc) is 2.38. The zero-order valence-electron chi connectivity index (χ0n) is 10.4. The number of Topliss-reactive ketones (excluding diaryl/α,β-unsaturated/α-hetero) is 1. The second-order valence-corrected chi connectivity index (χ2v) is 4.85. The highest BCUT2D eigenvalue weighted by Gasteiger charge is 2.15. The summed E-state index contributed by atoms with van der Waals surface area (Å²) in [6.07, 6.45) is 3.07. The predicted octanol–water partition coefficient (Wildman–Crippen LogP) is 3.75. The first-order valence-corrected chi connectivity index (χ1v) is 6.34. The van der Waals surface area contributed by atoms with Crippen molar-refractivity contribution in [2.75, 3.05) is 0 Å². The van der Waals surface area contributed by atoms with Gasteiger partial charge in [-0.2, -0.15) is 0 Å². The number of ether oxygens (including phenoxy) is 1. The fourth-order valence-corrected chi connectivity index (χ4v) is 1.91. The van der Waals surface area contributed by atoms with Crippen molar-refractivity contribution in [2.24, 2.45) is 0 Å². The Morgan fingerprint density at radius 1 is 1.35 bits per heavy atom. The van der Waals surface area contributed by atoms with E-state index in [0.29, 0.717) is 5.75 Å². The number of carbonyl (C=O) groups excluding carboxylic acids is 1. The number of nitro benzene ring substituents is 1. The fourth-order valence-electron chi connectivity index (χ4n) is 1.57. The fraction of sp³-hybridized carbons (Fsp3) is 0.0769. The van der Waals surface area contributed by atoms with Gasteiger partial charge in [0.1, 0.15) is 11.5 Å². The molecule has 1 aromatic carbocycles. The highest BCUT2D eigenvalue weighted by molar-refractivity contribution is 9.10. The SMILES string of the molecule is CC(=O)c1cc([N+](=O)[O-])ccc1Oc1cncc(Br)c1. The minimum Gasteiger partial charge on any atom is -0.455 e. The molecule has 0 aliphatic heterocycles. The number of halogens is 1. The lowest BCUT2D eigenvalue weighted by Crippen LogP contribution is -1.99. The molecule has 0 aliphatic rings. The van der Waals surface area contributed by atoms with Crippen molar-refractivity contribution >= 4 is 27.4 Å². The molecule has 102 valence electrons. The molecular formula is C13H9BrN2O4. The molecule has 0 spiro atoms. The summed E-state index contributed by atoms with van der Waals surface area (Å²) >= 11 is 3.25. The van der Waals surface area contributed by atoms with E-state index >= 15 is 0 Å². The molecule has 0 N–H and O–H groups in total. The summed E-state index contributed by atoms with van der Waals surface area (Å²) < 4.78 is 6.27. The van der Waals surface area contributed by atoms with E-state index in [1.54, 1.807) is 12.3 Å². The van der Waals surface area contributed by atoms with Crippen molar-refractivity contribution < 1.29 is 14.5 Å². The van der Waals surface area contributed by atoms with Gasteiger partial charge in [-0.15, -0.1) is 0 Å². The van der Waals surface area contributed by atoms with E-state index in [9.17, 15) is 14.9 Å². The number of hydrogen-bond donors (Lipinski definition) is 0. The summed E-state index contributed by atoms with van der Waals surface area (Å²) in [6, 6.07) is 5.56. The molecular weight excluding hydrogens is 328 g/mol. The van der Waals surface area contributed by atoms with Gasteiger partial charge in [-0.25, -0.2) is 0 Å². The molecule has 2 rings (SSSR count). The second-order valence-electron chi connectivity index (χ2n) is 3.93. The van der Waals surface area contributed by atoms with Gasteiger partial charge in [0.15, 0.2) is 5.78 Å². The first-order valence-electron chi connectivity index (χ1n) is 5.55. The third-order valence-electron chi connectivity index (χ3n) is 2.46. The maximum atomic E-state index is 11.6. The quantitative estimate of drug-likeness (QED) is 0.482. The molecule has 0 amide bonds. The van der Waals surface area contributed by atoms with Crippen LogP contribution >= 0.6 is 15.9 Å². The van der Waals surface area contributed by atoms with Crippen LogP contribution in [0.25, 0.3) is 0 Å². The van der Waals surface area contributed by atoms with Crippen LogP contribution in [0.1, 0.15) is 17.3 Å². The normalized spacial score (nSPS) is 10.1. The summed E-state index contributed by atoms with van der Waals surface area (Å²) in [6.45, 7) is 1.32. The zero-order chi connectivity index (χ0) is 14.7. The summed E-state index contributed by atoms with van der Waals surface area (Å²) in [5.74, 6) is 0.366. The minimum atomic E-state index is -0.559. The van der Waals surface area contributed by atoms with Crippen molar-refractivity contribution in [1.82, 2.24) is 4.98 Å². The van der Waals surface area contributed by atoms with Crippen molar-refractivity contribution in [3.05, 3.63) is 56.8 Å². The Kier molecular flexibility index (Phi) is 4.09. The van der Waals surface area contributed by atoms with E-state index in [4.69, 9.17) is 4.74 Å². The van der Waals surface area contributed by atoms with Crippen LogP contribution in [0.5, 0.6) is 11.5 Å². The molecule has 0 fully saturated rings. The van der Waals surface area contributed by atoms with Crippen LogP contribution in [-0.2, 0) is 0 Å². The van der Waals surface area contributed by atoms with Crippen LogP contribution in [0, 0.1) is 10.1 Å². The number of aromatic nitrogens is 1. The lowest BCUT2D eigenvalue weighted by Gasteiger charge is -2.09. The molecule has 0 saturated carbocycles. The summed E-state index contributed by atoms with van der Waals surface area (Å²) in [4.78, 5) is 25.7. The molecule has 0 unspecified atom stereocenters. The van der Waals surface area contributed by atoms with Crippen LogP contribution in [0.2, 0.25) is 0 Å². The Balaban J connectivity index is 2.41. The molecule has 0 saturated heterocycles. The van der Waals surface area contributed by atoms with Gasteiger partial charge < -0.3 is 4.74 Å². The topological polar surface area (TPSA) is 82.3 Å². The third-order valence-corrected chi connectivity index (χ3v) is 2.89. The van der Waals surface area contributed by atoms with Crippen LogP contribution in [-0.4, -0.2) is 15.7 Å². The van der Waals surface area contributed by atoms with Crippen molar-refractivity contribution in [3.63, 3.8) is 0 Å². The Labute approximate surface area is 122 Å². The number of ketones is 1. The Morgan fingerprint density at radius 3 is 2.70 bits per heavy atom. The highest BCUT2D eigenvalue weighted by Crippen LogP contribution is 2.29. The van der Waals surface area contributed by atoms with Crippen molar-refractivity contribution in [3.8, 4) is 11.5 Å². The van der Waals surface area contributed by atoms with E-state index in [2.05, 4.69) is 20.9 Å². The average molecular weight is 337 g/mol. The number of rotatable bonds is 4. The van der Waals surface area contributed by atoms with E-state index in [0.717, 1.165) is 4.47 Å². The monoisotopic (exact) mass is 336 g/mol. The molecule has 20 heavy (non-hydrogen) atoms. The standard InChI is InChI=1S/C13H9BrN2O4/c1-8(17)12-5-10(16(18)19)2-3-13(12)20-11-4-9(14)6-15-7-11/h2-7H,1H3. The van der Waals surface area contributed by atoms with E-state index in [-0.39, 0.29) is 22.8 Å². The molecule has 0 bridgehead atoms. The minimum absolute atomic E-state index is 0.152. The summed E-state index contributed by atoms with van der Waals surface area (Å²) in [7, 11) is 0. The molecule has 7 heteroatoms. The van der Waals surface area contributed by atoms with Crippen LogP contribution in [0.3, 0.4) is 0 Å². The Bertz CT molecular complexity index is 688. The summed E-state index contributed by atoms with van der Waals surface area (Å²) in [5, 5.41) is 10.7. The maximum Gasteiger partial charge on any atom is 0.270 e. The van der Waals surface area contributed by atoms with Crippen LogP contribution < -0.4 is 4.74 Å². The molecule has 0 atom stereocenters. The number of carbonyl (C=O) groups is 1. The first-order chi connectivity index (χ1) is 9.47. The molecule has 1 aromatic heterocycles. The second kappa shape index (κ2) is 5.79. The third kappa shape index (κ3) is 3.18. The van der Waals surface area contributed by atoms with Gasteiger partial charge >= 0.3 is 0 Å². The highest BCUT2D eigenvalue weighted by atomic mass is 79.9. The summed E-state index contributed by atoms with van der Waals surface area (Å²) in [5.41, 5.74) is -0.00547. The number of nitrogens with zero attached hydrogens (tertiary/aromatic N) is 2. The molecule has 0 aliphatic carbocycles. The van der Waals surface area contributed by atoms with Gasteiger partial charge in [0.2, 0.25) is 0 Å². The van der Waals surface area contributed by atoms with E-state index in [1.807, 2.05) is 0 Å². The number of pyridine rings is 1. The Morgan fingerprint density at radius 2 is 2.10 bits per heavy atom. The van der Waals surface area contributed by atoms with Crippen LogP contribution in [0.4, 0.5) is 5.69 Å². The first kappa shape index (κ1) is 14.1. The number of hydrogen-bond acceptors (Lipinski definition) is 5. The lowest BCUT2D eigenvalue weighted by molar-refractivity contribution is -0.384. The van der Waals surface area contributed by atoms with Crippen LogP contribution in [0.15, 0.2) is 41.1 Å². The van der Waals surface area contributed by atoms with Gasteiger partial charge in [-0.1, -0.05) is 0 Å². The molecule has 6 nitrogen and oxygen atoms in total. The number of nitro groups is 1. The van der Waals surface area contributed by atoms with E-state index < -0.39 is 4.92 Å². The van der Waals surface area contributed by atoms with Crippen molar-refractivity contribution in [2.45, 2.75) is 6.92 Å². The molecule has 2 aromatic rings. The smallest absolute Gasteiger partial charge is 0.270 e. The zero-order valence-corrected chi connectivity index (χ0v) is 12.0.